The number of benzene rings is 2. The van der Waals surface area contributed by atoms with Crippen molar-refractivity contribution in [3.8, 4) is 5.75 Å². The van der Waals surface area contributed by atoms with E-state index in [0.717, 1.165) is 17.8 Å². The molecule has 1 aliphatic rings. The Hall–Kier alpha value is -2.45. The second-order valence-corrected chi connectivity index (χ2v) is 8.64. The molecule has 0 spiro atoms. The van der Waals surface area contributed by atoms with Crippen LogP contribution in [0.3, 0.4) is 0 Å². The molecule has 6 nitrogen and oxygen atoms in total. The van der Waals surface area contributed by atoms with Crippen LogP contribution >= 0.6 is 0 Å². The van der Waals surface area contributed by atoms with Gasteiger partial charge in [0, 0.05) is 25.8 Å². The van der Waals surface area contributed by atoms with Crippen molar-refractivity contribution in [3.05, 3.63) is 54.3 Å². The minimum atomic E-state index is -3.99. The molecule has 1 unspecified atom stereocenters. The van der Waals surface area contributed by atoms with Crippen molar-refractivity contribution in [1.29, 1.82) is 0 Å². The number of piperidine rings is 1. The standard InChI is InChI=1S/C20H23FN2O4S/c1-22(17-8-4-3-5-9-17)20(24)15-7-6-12-23(14-15)28(25,26)19-13-16(21)10-11-18(19)27-2/h3-5,8-11,13,15H,6-7,12,14H2,1-2H3. The third-order valence-electron chi connectivity index (χ3n) is 4.95. The van der Waals surface area contributed by atoms with Gasteiger partial charge in [-0.3, -0.25) is 4.79 Å². The summed E-state index contributed by atoms with van der Waals surface area (Å²) in [6, 6.07) is 12.6. The van der Waals surface area contributed by atoms with Gasteiger partial charge in [0.05, 0.1) is 13.0 Å². The maximum Gasteiger partial charge on any atom is 0.246 e. The van der Waals surface area contributed by atoms with E-state index in [4.69, 9.17) is 4.74 Å². The van der Waals surface area contributed by atoms with Crippen LogP contribution < -0.4 is 9.64 Å². The molecule has 28 heavy (non-hydrogen) atoms. The molecular formula is C20H23FN2O4S. The Morgan fingerprint density at radius 3 is 2.61 bits per heavy atom. The average molecular weight is 406 g/mol. The molecule has 3 rings (SSSR count). The zero-order valence-electron chi connectivity index (χ0n) is 15.8. The number of sulfonamides is 1. The van der Waals surface area contributed by atoms with Crippen molar-refractivity contribution in [3.63, 3.8) is 0 Å². The maximum atomic E-state index is 13.7. The van der Waals surface area contributed by atoms with Gasteiger partial charge in [0.25, 0.3) is 0 Å². The summed E-state index contributed by atoms with van der Waals surface area (Å²) >= 11 is 0. The summed E-state index contributed by atoms with van der Waals surface area (Å²) in [5.41, 5.74) is 0.749. The summed E-state index contributed by atoms with van der Waals surface area (Å²) in [5, 5.41) is 0. The molecule has 1 aliphatic heterocycles. The summed E-state index contributed by atoms with van der Waals surface area (Å²) in [4.78, 5) is 14.2. The highest BCUT2D eigenvalue weighted by Crippen LogP contribution is 2.31. The van der Waals surface area contributed by atoms with Crippen molar-refractivity contribution < 1.29 is 22.3 Å². The zero-order valence-corrected chi connectivity index (χ0v) is 16.7. The Morgan fingerprint density at radius 2 is 1.93 bits per heavy atom. The lowest BCUT2D eigenvalue weighted by atomic mass is 9.98. The predicted octanol–water partition coefficient (Wildman–Crippen LogP) is 2.90. The predicted molar refractivity (Wildman–Crippen MR) is 104 cm³/mol. The van der Waals surface area contributed by atoms with Gasteiger partial charge in [-0.2, -0.15) is 4.31 Å². The van der Waals surface area contributed by atoms with E-state index < -0.39 is 21.8 Å². The summed E-state index contributed by atoms with van der Waals surface area (Å²) in [7, 11) is -0.968. The molecule has 0 saturated carbocycles. The molecular weight excluding hydrogens is 383 g/mol. The van der Waals surface area contributed by atoms with E-state index in [1.54, 1.807) is 11.9 Å². The number of hydrogen-bond donors (Lipinski definition) is 0. The number of carbonyl (C=O) groups excluding carboxylic acids is 1. The number of amides is 1. The van der Waals surface area contributed by atoms with E-state index in [2.05, 4.69) is 0 Å². The molecule has 8 heteroatoms. The zero-order chi connectivity index (χ0) is 20.3. The van der Waals surface area contributed by atoms with Crippen LogP contribution in [0.1, 0.15) is 12.8 Å². The molecule has 1 amide bonds. The molecule has 1 atom stereocenters. The van der Waals surface area contributed by atoms with E-state index in [1.807, 2.05) is 30.3 Å². The van der Waals surface area contributed by atoms with Crippen LogP contribution in [-0.2, 0) is 14.8 Å². The average Bonchev–Trinajstić information content (AvgIpc) is 2.73. The Morgan fingerprint density at radius 1 is 1.21 bits per heavy atom. The van der Waals surface area contributed by atoms with Gasteiger partial charge >= 0.3 is 0 Å². The van der Waals surface area contributed by atoms with Crippen LogP contribution in [-0.4, -0.2) is 45.9 Å². The van der Waals surface area contributed by atoms with Gasteiger partial charge in [-0.05, 0) is 43.2 Å². The number of methoxy groups -OCH3 is 1. The van der Waals surface area contributed by atoms with Crippen molar-refractivity contribution in [2.45, 2.75) is 17.7 Å². The Bertz CT molecular complexity index is 950. The van der Waals surface area contributed by atoms with E-state index >= 15 is 0 Å². The van der Waals surface area contributed by atoms with E-state index in [0.29, 0.717) is 12.8 Å². The fourth-order valence-corrected chi connectivity index (χ4v) is 5.10. The molecule has 0 bridgehead atoms. The second-order valence-electron chi connectivity index (χ2n) is 6.73. The molecule has 1 saturated heterocycles. The third-order valence-corrected chi connectivity index (χ3v) is 6.84. The fourth-order valence-electron chi connectivity index (χ4n) is 3.41. The lowest BCUT2D eigenvalue weighted by Crippen LogP contribution is -2.46. The van der Waals surface area contributed by atoms with Crippen molar-refractivity contribution in [2.24, 2.45) is 5.92 Å². The van der Waals surface area contributed by atoms with Crippen LogP contribution in [0.15, 0.2) is 53.4 Å². The minimum Gasteiger partial charge on any atom is -0.495 e. The van der Waals surface area contributed by atoms with Gasteiger partial charge in [-0.25, -0.2) is 12.8 Å². The first-order chi connectivity index (χ1) is 13.3. The lowest BCUT2D eigenvalue weighted by molar-refractivity contribution is -0.123. The molecule has 150 valence electrons. The quantitative estimate of drug-likeness (QED) is 0.766. The maximum absolute atomic E-state index is 13.7. The molecule has 2 aromatic rings. The van der Waals surface area contributed by atoms with Crippen LogP contribution in [0.4, 0.5) is 10.1 Å². The first-order valence-electron chi connectivity index (χ1n) is 9.01. The van der Waals surface area contributed by atoms with Crippen molar-refractivity contribution in [2.75, 3.05) is 32.1 Å². The van der Waals surface area contributed by atoms with Gasteiger partial charge in [0.2, 0.25) is 15.9 Å². The SMILES string of the molecule is COc1ccc(F)cc1S(=O)(=O)N1CCCC(C(=O)N(C)c2ccccc2)C1. The van der Waals surface area contributed by atoms with Crippen molar-refractivity contribution >= 4 is 21.6 Å². The number of hydrogen-bond acceptors (Lipinski definition) is 4. The third kappa shape index (κ3) is 4.02. The monoisotopic (exact) mass is 406 g/mol. The lowest BCUT2D eigenvalue weighted by Gasteiger charge is -2.33. The normalized spacial score (nSPS) is 17.9. The number of rotatable bonds is 5. The molecule has 1 fully saturated rings. The number of ether oxygens (including phenoxy) is 1. The molecule has 0 radical (unpaired) electrons. The Labute approximate surface area is 164 Å². The summed E-state index contributed by atoms with van der Waals surface area (Å²) in [6.07, 6.45) is 1.15. The highest BCUT2D eigenvalue weighted by molar-refractivity contribution is 7.89. The summed E-state index contributed by atoms with van der Waals surface area (Å²) < 4.78 is 46.2. The molecule has 0 aliphatic carbocycles. The molecule has 0 N–H and O–H groups in total. The second kappa shape index (κ2) is 8.28. The number of nitrogens with zero attached hydrogens (tertiary/aromatic N) is 2. The van der Waals surface area contributed by atoms with Gasteiger partial charge in [0.15, 0.2) is 0 Å². The number of para-hydroxylation sites is 1. The van der Waals surface area contributed by atoms with Gasteiger partial charge in [0.1, 0.15) is 16.5 Å². The smallest absolute Gasteiger partial charge is 0.246 e. The summed E-state index contributed by atoms with van der Waals surface area (Å²) in [5.74, 6) is -1.19. The highest BCUT2D eigenvalue weighted by atomic mass is 32.2. The largest absolute Gasteiger partial charge is 0.495 e. The topological polar surface area (TPSA) is 66.9 Å². The van der Waals surface area contributed by atoms with Crippen molar-refractivity contribution in [1.82, 2.24) is 4.31 Å². The van der Waals surface area contributed by atoms with Gasteiger partial charge < -0.3 is 9.64 Å². The van der Waals surface area contributed by atoms with Crippen LogP contribution in [0.2, 0.25) is 0 Å². The Kier molecular flexibility index (Phi) is 6.00. The van der Waals surface area contributed by atoms with Crippen LogP contribution in [0.25, 0.3) is 0 Å². The number of halogens is 1. The first kappa shape index (κ1) is 20.3. The van der Waals surface area contributed by atoms with Crippen LogP contribution in [0.5, 0.6) is 5.75 Å². The van der Waals surface area contributed by atoms with E-state index in [-0.39, 0.29) is 29.6 Å². The summed E-state index contributed by atoms with van der Waals surface area (Å²) in [6.45, 7) is 0.332. The molecule has 1 heterocycles. The van der Waals surface area contributed by atoms with Crippen LogP contribution in [0, 0.1) is 11.7 Å². The first-order valence-corrected chi connectivity index (χ1v) is 10.4. The Balaban J connectivity index is 1.83. The number of carbonyl (C=O) groups is 1. The number of anilines is 1. The van der Waals surface area contributed by atoms with Gasteiger partial charge in [-0.1, -0.05) is 18.2 Å². The highest BCUT2D eigenvalue weighted by Gasteiger charge is 2.36. The van der Waals surface area contributed by atoms with Gasteiger partial charge in [-0.15, -0.1) is 0 Å². The minimum absolute atomic E-state index is 0.0536. The molecule has 0 aromatic heterocycles. The fraction of sp³-hybridized carbons (Fsp3) is 0.350. The molecule has 2 aromatic carbocycles. The van der Waals surface area contributed by atoms with E-state index in [1.165, 1.54) is 17.5 Å². The van der Waals surface area contributed by atoms with E-state index in [9.17, 15) is 17.6 Å².